The fourth-order valence-electron chi connectivity index (χ4n) is 2.64. The molecular weight excluding hydrogens is 416 g/mol. The lowest BCUT2D eigenvalue weighted by Gasteiger charge is -2.14. The van der Waals surface area contributed by atoms with E-state index in [1.165, 1.54) is 0 Å². The number of hydrogen-bond acceptors (Lipinski definition) is 6. The number of carbonyl (C=O) groups excluding carboxylic acids is 2. The van der Waals surface area contributed by atoms with Gasteiger partial charge in [0.05, 0.1) is 24.5 Å². The van der Waals surface area contributed by atoms with E-state index in [0.29, 0.717) is 46.1 Å². The summed E-state index contributed by atoms with van der Waals surface area (Å²) in [6.07, 6.45) is 0. The molecule has 1 aromatic carbocycles. The third kappa shape index (κ3) is 4.68. The van der Waals surface area contributed by atoms with Crippen molar-refractivity contribution in [3.05, 3.63) is 39.1 Å². The fourth-order valence-corrected chi connectivity index (χ4v) is 3.07. The van der Waals surface area contributed by atoms with E-state index in [-0.39, 0.29) is 12.2 Å². The van der Waals surface area contributed by atoms with Crippen molar-refractivity contribution in [2.24, 2.45) is 7.05 Å². The Morgan fingerprint density at radius 2 is 1.70 bits per heavy atom. The number of nitrogens with zero attached hydrogens (tertiary/aromatic N) is 2. The van der Waals surface area contributed by atoms with Crippen LogP contribution in [-0.2, 0) is 23.2 Å². The molecule has 0 fully saturated rings. The molecule has 0 saturated carbocycles. The average molecular weight is 439 g/mol. The lowest BCUT2D eigenvalue weighted by atomic mass is 10.1. The molecule has 0 saturated heterocycles. The summed E-state index contributed by atoms with van der Waals surface area (Å²) in [6, 6.07) is 3.49. The normalized spacial score (nSPS) is 10.6. The highest BCUT2D eigenvalue weighted by Gasteiger charge is 2.25. The number of carbonyl (C=O) groups is 2. The molecule has 2 aromatic rings. The van der Waals surface area contributed by atoms with Crippen molar-refractivity contribution in [3.63, 3.8) is 0 Å². The molecule has 1 aromatic heterocycles. The molecular formula is C19H23BrN2O5. The van der Waals surface area contributed by atoms with E-state index in [2.05, 4.69) is 21.0 Å². The van der Waals surface area contributed by atoms with Crippen LogP contribution in [0.1, 0.15) is 41.2 Å². The lowest BCUT2D eigenvalue weighted by Crippen LogP contribution is -2.19. The Labute approximate surface area is 166 Å². The van der Waals surface area contributed by atoms with Crippen molar-refractivity contribution in [2.45, 2.75) is 34.3 Å². The Bertz CT molecular complexity index is 860. The van der Waals surface area contributed by atoms with Gasteiger partial charge in [-0.2, -0.15) is 5.10 Å². The summed E-state index contributed by atoms with van der Waals surface area (Å²) < 4.78 is 18.6. The molecule has 146 valence electrons. The maximum absolute atomic E-state index is 12.4. The van der Waals surface area contributed by atoms with Crippen LogP contribution in [0.4, 0.5) is 0 Å². The number of ether oxygens (including phenoxy) is 3. The van der Waals surface area contributed by atoms with Gasteiger partial charge in [0, 0.05) is 22.8 Å². The van der Waals surface area contributed by atoms with Crippen molar-refractivity contribution in [1.82, 2.24) is 9.78 Å². The molecule has 27 heavy (non-hydrogen) atoms. The minimum absolute atomic E-state index is 0.0734. The lowest BCUT2D eigenvalue weighted by molar-refractivity contribution is -0.139. The number of Topliss-reactive ketones (excluding diaryl/α,β-unsaturated/α-hetero) is 1. The molecule has 0 spiro atoms. The molecule has 0 aliphatic rings. The highest BCUT2D eigenvalue weighted by Crippen LogP contribution is 2.34. The smallest absolute Gasteiger partial charge is 0.380 e. The standard InChI is InChI=1S/C19H23BrN2O5/c1-6-25-15-8-13(14(20)9-16(15)26-7-2)10-27-19(24)18(23)17-11(3)21-22(5)12(17)4/h8-9H,6-7,10H2,1-5H3. The minimum atomic E-state index is -0.923. The number of rotatable bonds is 8. The van der Waals surface area contributed by atoms with Crippen LogP contribution in [0, 0.1) is 13.8 Å². The zero-order chi connectivity index (χ0) is 20.1. The Morgan fingerprint density at radius 1 is 1.11 bits per heavy atom. The first kappa shape index (κ1) is 21.0. The SMILES string of the molecule is CCOc1cc(Br)c(COC(=O)C(=O)c2c(C)nn(C)c2C)cc1OCC. The molecule has 8 heteroatoms. The average Bonchev–Trinajstić information content (AvgIpc) is 2.87. The van der Waals surface area contributed by atoms with Gasteiger partial charge in [0.2, 0.25) is 0 Å². The number of benzene rings is 1. The Morgan fingerprint density at radius 3 is 2.22 bits per heavy atom. The van der Waals surface area contributed by atoms with Crippen molar-refractivity contribution in [1.29, 1.82) is 0 Å². The van der Waals surface area contributed by atoms with Crippen molar-refractivity contribution in [2.75, 3.05) is 13.2 Å². The van der Waals surface area contributed by atoms with Crippen LogP contribution in [0.3, 0.4) is 0 Å². The van der Waals surface area contributed by atoms with Crippen LogP contribution in [0.25, 0.3) is 0 Å². The summed E-state index contributed by atoms with van der Waals surface area (Å²) in [6.45, 7) is 8.07. The first-order valence-electron chi connectivity index (χ1n) is 8.59. The van der Waals surface area contributed by atoms with Gasteiger partial charge in [-0.15, -0.1) is 0 Å². The van der Waals surface area contributed by atoms with E-state index in [9.17, 15) is 9.59 Å². The molecule has 0 atom stereocenters. The summed E-state index contributed by atoms with van der Waals surface area (Å²) in [5.41, 5.74) is 2.07. The van der Waals surface area contributed by atoms with E-state index in [1.54, 1.807) is 37.7 Å². The molecule has 2 rings (SSSR count). The van der Waals surface area contributed by atoms with E-state index in [1.807, 2.05) is 13.8 Å². The third-order valence-corrected chi connectivity index (χ3v) is 4.73. The second kappa shape index (κ2) is 9.03. The fraction of sp³-hybridized carbons (Fsp3) is 0.421. The van der Waals surface area contributed by atoms with E-state index < -0.39 is 11.8 Å². The second-order valence-electron chi connectivity index (χ2n) is 5.83. The summed E-state index contributed by atoms with van der Waals surface area (Å²) in [4.78, 5) is 24.7. The molecule has 0 aliphatic carbocycles. The number of halogens is 1. The van der Waals surface area contributed by atoms with Gasteiger partial charge in [-0.1, -0.05) is 15.9 Å². The van der Waals surface area contributed by atoms with Gasteiger partial charge in [-0.3, -0.25) is 9.48 Å². The molecule has 0 amide bonds. The number of hydrogen-bond donors (Lipinski definition) is 0. The summed E-state index contributed by atoms with van der Waals surface area (Å²) in [5.74, 6) is -0.476. The number of ketones is 1. The molecule has 1 heterocycles. The van der Waals surface area contributed by atoms with Gasteiger partial charge in [-0.25, -0.2) is 4.79 Å². The van der Waals surface area contributed by atoms with Crippen LogP contribution >= 0.6 is 15.9 Å². The Hall–Kier alpha value is -2.35. The number of esters is 1. The zero-order valence-electron chi connectivity index (χ0n) is 16.1. The van der Waals surface area contributed by atoms with Gasteiger partial charge >= 0.3 is 5.97 Å². The third-order valence-electron chi connectivity index (χ3n) is 3.99. The summed E-state index contributed by atoms with van der Waals surface area (Å²) in [7, 11) is 1.72. The van der Waals surface area contributed by atoms with Crippen molar-refractivity contribution < 1.29 is 23.8 Å². The van der Waals surface area contributed by atoms with Gasteiger partial charge < -0.3 is 14.2 Å². The topological polar surface area (TPSA) is 79.7 Å². The van der Waals surface area contributed by atoms with Crippen LogP contribution in [0.15, 0.2) is 16.6 Å². The van der Waals surface area contributed by atoms with E-state index in [4.69, 9.17) is 14.2 Å². The second-order valence-corrected chi connectivity index (χ2v) is 6.69. The van der Waals surface area contributed by atoms with Gasteiger partial charge in [0.25, 0.3) is 5.78 Å². The first-order chi connectivity index (χ1) is 12.8. The van der Waals surface area contributed by atoms with E-state index >= 15 is 0 Å². The molecule has 0 N–H and O–H groups in total. The van der Waals surface area contributed by atoms with Crippen molar-refractivity contribution in [3.8, 4) is 11.5 Å². The predicted molar refractivity (Wildman–Crippen MR) is 103 cm³/mol. The largest absolute Gasteiger partial charge is 0.490 e. The summed E-state index contributed by atoms with van der Waals surface area (Å²) >= 11 is 3.44. The van der Waals surface area contributed by atoms with Gasteiger partial charge in [-0.05, 0) is 39.8 Å². The maximum atomic E-state index is 12.4. The number of aryl methyl sites for hydroxylation is 2. The zero-order valence-corrected chi connectivity index (χ0v) is 17.7. The predicted octanol–water partition coefficient (Wildman–Crippen LogP) is 3.52. The van der Waals surface area contributed by atoms with Crippen molar-refractivity contribution >= 4 is 27.7 Å². The number of aromatic nitrogens is 2. The molecule has 0 radical (unpaired) electrons. The van der Waals surface area contributed by atoms with Crippen LogP contribution in [-0.4, -0.2) is 34.7 Å². The maximum Gasteiger partial charge on any atom is 0.380 e. The van der Waals surface area contributed by atoms with Gasteiger partial charge in [0.15, 0.2) is 11.5 Å². The molecule has 7 nitrogen and oxygen atoms in total. The van der Waals surface area contributed by atoms with Crippen LogP contribution < -0.4 is 9.47 Å². The summed E-state index contributed by atoms with van der Waals surface area (Å²) in [5, 5.41) is 4.16. The quantitative estimate of drug-likeness (QED) is 0.356. The van der Waals surface area contributed by atoms with Crippen LogP contribution in [0.5, 0.6) is 11.5 Å². The molecule has 0 aliphatic heterocycles. The van der Waals surface area contributed by atoms with E-state index in [0.717, 1.165) is 0 Å². The molecule has 0 bridgehead atoms. The Balaban J connectivity index is 2.16. The molecule has 0 unspecified atom stereocenters. The first-order valence-corrected chi connectivity index (χ1v) is 9.39. The van der Waals surface area contributed by atoms with Crippen LogP contribution in [0.2, 0.25) is 0 Å². The monoisotopic (exact) mass is 438 g/mol. The highest BCUT2D eigenvalue weighted by atomic mass is 79.9. The van der Waals surface area contributed by atoms with Gasteiger partial charge in [0.1, 0.15) is 6.61 Å². The highest BCUT2D eigenvalue weighted by molar-refractivity contribution is 9.10. The minimum Gasteiger partial charge on any atom is -0.490 e. The Kier molecular flexibility index (Phi) is 7.01.